The first kappa shape index (κ1) is 9.82. The Hall–Kier alpha value is -1.18. The van der Waals surface area contributed by atoms with Crippen LogP contribution >= 0.6 is 0 Å². The Morgan fingerprint density at radius 1 is 1.45 bits per heavy atom. The van der Waals surface area contributed by atoms with Crippen LogP contribution in [0.5, 0.6) is 0 Å². The molecule has 0 saturated carbocycles. The van der Waals surface area contributed by atoms with Crippen molar-refractivity contribution in [1.82, 2.24) is 0 Å². The first-order valence-electron chi connectivity index (χ1n) is 3.48. The summed E-state index contributed by atoms with van der Waals surface area (Å²) < 4.78 is 0. The lowest BCUT2D eigenvalue weighted by molar-refractivity contribution is -0.113. The van der Waals surface area contributed by atoms with Gasteiger partial charge in [-0.15, -0.1) is 0 Å². The van der Waals surface area contributed by atoms with E-state index < -0.39 is 0 Å². The maximum atomic E-state index is 10.9. The minimum atomic E-state index is 0.0583. The third kappa shape index (κ3) is 4.25. The van der Waals surface area contributed by atoms with Gasteiger partial charge in [0.1, 0.15) is 0 Å². The number of carbonyl (C=O) groups excluding carboxylic acids is 1. The third-order valence-corrected chi connectivity index (χ3v) is 1.16. The Kier molecular flexibility index (Phi) is 4.99. The van der Waals surface area contributed by atoms with Crippen LogP contribution < -0.4 is 0 Å². The van der Waals surface area contributed by atoms with Gasteiger partial charge in [0.25, 0.3) is 0 Å². The maximum absolute atomic E-state index is 10.9. The topological polar surface area (TPSA) is 29.4 Å². The highest BCUT2D eigenvalue weighted by Crippen LogP contribution is 1.96. The van der Waals surface area contributed by atoms with Gasteiger partial charge in [-0.3, -0.25) is 9.79 Å². The summed E-state index contributed by atoms with van der Waals surface area (Å²) in [6.45, 7) is 3.41. The van der Waals surface area contributed by atoms with E-state index in [0.29, 0.717) is 5.57 Å². The Morgan fingerprint density at radius 2 is 2.09 bits per heavy atom. The molecule has 0 N–H and O–H groups in total. The molecular formula is C9H13NO. The van der Waals surface area contributed by atoms with Gasteiger partial charge in [0.15, 0.2) is 5.78 Å². The first-order valence-corrected chi connectivity index (χ1v) is 3.48. The molecule has 2 nitrogen and oxygen atoms in total. The summed E-state index contributed by atoms with van der Waals surface area (Å²) in [4.78, 5) is 14.6. The normalized spacial score (nSPS) is 13.2. The molecule has 0 aliphatic rings. The number of carbonyl (C=O) groups is 1. The van der Waals surface area contributed by atoms with Gasteiger partial charge in [-0.25, -0.2) is 0 Å². The second kappa shape index (κ2) is 5.59. The van der Waals surface area contributed by atoms with Crippen molar-refractivity contribution in [3.8, 4) is 0 Å². The lowest BCUT2D eigenvalue weighted by Crippen LogP contribution is -1.92. The van der Waals surface area contributed by atoms with E-state index in [9.17, 15) is 4.79 Å². The van der Waals surface area contributed by atoms with Crippen molar-refractivity contribution in [3.63, 3.8) is 0 Å². The van der Waals surface area contributed by atoms with Crippen molar-refractivity contribution in [2.45, 2.75) is 13.8 Å². The molecule has 0 amide bonds. The fourth-order valence-electron chi connectivity index (χ4n) is 0.625. The van der Waals surface area contributed by atoms with Crippen molar-refractivity contribution in [2.24, 2.45) is 4.99 Å². The van der Waals surface area contributed by atoms with E-state index in [1.165, 1.54) is 6.92 Å². The Labute approximate surface area is 67.3 Å². The molecule has 0 aliphatic heterocycles. The number of ketones is 1. The van der Waals surface area contributed by atoms with E-state index in [1.54, 1.807) is 25.4 Å². The summed E-state index contributed by atoms with van der Waals surface area (Å²) in [5.74, 6) is 0.0583. The molecule has 0 aliphatic carbocycles. The van der Waals surface area contributed by atoms with Gasteiger partial charge < -0.3 is 0 Å². The predicted octanol–water partition coefficient (Wildman–Crippen LogP) is 1.78. The molecule has 0 aromatic rings. The first-order chi connectivity index (χ1) is 5.22. The molecule has 11 heavy (non-hydrogen) atoms. The number of allylic oxidation sites excluding steroid dienone is 4. The Bertz CT molecular complexity index is 212. The fourth-order valence-corrected chi connectivity index (χ4v) is 0.625. The van der Waals surface area contributed by atoms with Gasteiger partial charge in [-0.2, -0.15) is 0 Å². The summed E-state index contributed by atoms with van der Waals surface area (Å²) >= 11 is 0. The van der Waals surface area contributed by atoms with Crippen LogP contribution in [0.2, 0.25) is 0 Å². The van der Waals surface area contributed by atoms with Crippen LogP contribution in [0.1, 0.15) is 13.8 Å². The molecule has 0 bridgehead atoms. The lowest BCUT2D eigenvalue weighted by Gasteiger charge is -1.90. The van der Waals surface area contributed by atoms with Crippen molar-refractivity contribution in [2.75, 3.05) is 7.05 Å². The zero-order valence-corrected chi connectivity index (χ0v) is 7.16. The number of nitrogens with zero attached hydrogens (tertiary/aromatic N) is 1. The number of rotatable bonds is 3. The highest BCUT2D eigenvalue weighted by atomic mass is 16.1. The number of hydrogen-bond acceptors (Lipinski definition) is 2. The second-order valence-electron chi connectivity index (χ2n) is 2.09. The second-order valence-corrected chi connectivity index (χ2v) is 2.09. The molecule has 0 fully saturated rings. The van der Waals surface area contributed by atoms with Crippen LogP contribution in [0.3, 0.4) is 0 Å². The largest absolute Gasteiger partial charge is 0.296 e. The SMILES string of the molecule is C/C=C\C(=C/C=NC)C(C)=O. The predicted molar refractivity (Wildman–Crippen MR) is 48.0 cm³/mol. The molecule has 0 spiro atoms. The minimum absolute atomic E-state index is 0.0583. The molecule has 60 valence electrons. The van der Waals surface area contributed by atoms with E-state index in [2.05, 4.69) is 4.99 Å². The Balaban J connectivity index is 4.45. The van der Waals surface area contributed by atoms with E-state index in [-0.39, 0.29) is 5.78 Å². The van der Waals surface area contributed by atoms with Gasteiger partial charge >= 0.3 is 0 Å². The van der Waals surface area contributed by atoms with Gasteiger partial charge in [0, 0.05) is 18.8 Å². The van der Waals surface area contributed by atoms with Crippen LogP contribution in [-0.4, -0.2) is 19.0 Å². The molecule has 0 heterocycles. The molecule has 0 radical (unpaired) electrons. The molecule has 0 saturated heterocycles. The summed E-state index contributed by atoms with van der Waals surface area (Å²) in [7, 11) is 1.67. The average Bonchev–Trinajstić information content (AvgIpc) is 1.97. The smallest absolute Gasteiger partial charge is 0.159 e. The number of hydrogen-bond donors (Lipinski definition) is 0. The van der Waals surface area contributed by atoms with Crippen molar-refractivity contribution in [3.05, 3.63) is 23.8 Å². The lowest BCUT2D eigenvalue weighted by atomic mass is 10.1. The van der Waals surface area contributed by atoms with Gasteiger partial charge in [-0.1, -0.05) is 12.2 Å². The summed E-state index contributed by atoms with van der Waals surface area (Å²) in [6.07, 6.45) is 6.90. The van der Waals surface area contributed by atoms with Crippen LogP contribution in [0.25, 0.3) is 0 Å². The highest BCUT2D eigenvalue weighted by molar-refractivity contribution is 5.99. The zero-order chi connectivity index (χ0) is 8.69. The molecule has 0 aromatic heterocycles. The summed E-state index contributed by atoms with van der Waals surface area (Å²) in [6, 6.07) is 0. The van der Waals surface area contributed by atoms with Crippen LogP contribution in [-0.2, 0) is 4.79 Å². The van der Waals surface area contributed by atoms with Crippen molar-refractivity contribution < 1.29 is 4.79 Å². The number of Topliss-reactive ketones (excluding diaryl/α,β-unsaturated/α-hetero) is 1. The van der Waals surface area contributed by atoms with Crippen LogP contribution in [0, 0.1) is 0 Å². The standard InChI is InChI=1S/C9H13NO/c1-4-5-9(8(2)11)6-7-10-3/h4-7H,1-3H3/b5-4-,9-6+,10-7?. The molecule has 0 unspecified atom stereocenters. The van der Waals surface area contributed by atoms with E-state index in [1.807, 2.05) is 13.0 Å². The molecule has 0 atom stereocenters. The van der Waals surface area contributed by atoms with Crippen LogP contribution in [0.4, 0.5) is 0 Å². The maximum Gasteiger partial charge on any atom is 0.159 e. The van der Waals surface area contributed by atoms with E-state index in [0.717, 1.165) is 0 Å². The average molecular weight is 151 g/mol. The minimum Gasteiger partial charge on any atom is -0.296 e. The van der Waals surface area contributed by atoms with Crippen molar-refractivity contribution in [1.29, 1.82) is 0 Å². The third-order valence-electron chi connectivity index (χ3n) is 1.16. The monoisotopic (exact) mass is 151 g/mol. The number of aliphatic imine (C=N–C) groups is 1. The summed E-state index contributed by atoms with van der Waals surface area (Å²) in [5, 5.41) is 0. The molecular weight excluding hydrogens is 138 g/mol. The van der Waals surface area contributed by atoms with Crippen molar-refractivity contribution >= 4 is 12.0 Å². The van der Waals surface area contributed by atoms with Crippen LogP contribution in [0.15, 0.2) is 28.8 Å². The fraction of sp³-hybridized carbons (Fsp3) is 0.333. The van der Waals surface area contributed by atoms with Gasteiger partial charge in [-0.05, 0) is 19.9 Å². The van der Waals surface area contributed by atoms with E-state index in [4.69, 9.17) is 0 Å². The highest BCUT2D eigenvalue weighted by Gasteiger charge is 1.95. The zero-order valence-electron chi connectivity index (χ0n) is 7.16. The van der Waals surface area contributed by atoms with Gasteiger partial charge in [0.2, 0.25) is 0 Å². The Morgan fingerprint density at radius 3 is 2.45 bits per heavy atom. The quantitative estimate of drug-likeness (QED) is 0.343. The van der Waals surface area contributed by atoms with E-state index >= 15 is 0 Å². The molecule has 0 rings (SSSR count). The van der Waals surface area contributed by atoms with Gasteiger partial charge in [0.05, 0.1) is 0 Å². The summed E-state index contributed by atoms with van der Waals surface area (Å²) in [5.41, 5.74) is 0.679. The molecule has 0 aromatic carbocycles. The molecule has 2 heteroatoms.